The van der Waals surface area contributed by atoms with Crippen LogP contribution in [0.2, 0.25) is 0 Å². The average molecular weight is 454 g/mol. The van der Waals surface area contributed by atoms with Crippen LogP contribution in [0.15, 0.2) is 34.1 Å². The molecule has 0 fully saturated rings. The Morgan fingerprint density at radius 3 is 2.55 bits per heavy atom. The minimum absolute atomic E-state index is 0.0551. The number of phenolic OH excluding ortho intramolecular Hbond substituents is 2. The van der Waals surface area contributed by atoms with Crippen LogP contribution < -0.4 is 16.1 Å². The standard InChI is InChI=1S/C24H31N5O4/c1-3-28(4-2)12-13-29-16-6-5-15(26-10-9-25-11-14-30)19-20(16)23(27-29)21-17(31)7-8-18(32)22(21)24(19)33/h5-8,25,27,30,32-33H,3-4,9-14H2,1-2H3. The molecule has 0 aliphatic carbocycles. The summed E-state index contributed by atoms with van der Waals surface area (Å²) in [6.45, 7) is 9.22. The zero-order valence-corrected chi connectivity index (χ0v) is 19.1. The van der Waals surface area contributed by atoms with Gasteiger partial charge >= 0.3 is 0 Å². The highest BCUT2D eigenvalue weighted by Gasteiger charge is 2.22. The van der Waals surface area contributed by atoms with E-state index in [9.17, 15) is 15.0 Å². The van der Waals surface area contributed by atoms with Crippen molar-refractivity contribution in [3.63, 3.8) is 0 Å². The van der Waals surface area contributed by atoms with Crippen molar-refractivity contribution in [2.45, 2.75) is 20.4 Å². The van der Waals surface area contributed by atoms with Gasteiger partial charge in [0.2, 0.25) is 0 Å². The van der Waals surface area contributed by atoms with Gasteiger partial charge in [-0.2, -0.15) is 0 Å². The maximum absolute atomic E-state index is 12.8. The lowest BCUT2D eigenvalue weighted by Crippen LogP contribution is -2.27. The van der Waals surface area contributed by atoms with Crippen molar-refractivity contribution in [1.82, 2.24) is 20.0 Å². The number of hydrogen-bond acceptors (Lipinski definition) is 7. The predicted octanol–water partition coefficient (Wildman–Crippen LogP) is 1.31. The van der Waals surface area contributed by atoms with Crippen LogP contribution in [0.4, 0.5) is 0 Å². The van der Waals surface area contributed by atoms with E-state index in [1.807, 2.05) is 16.8 Å². The lowest BCUT2D eigenvalue weighted by Gasteiger charge is -2.18. The molecule has 0 unspecified atom stereocenters. The Kier molecular flexibility index (Phi) is 6.83. The molecule has 4 aromatic rings. The van der Waals surface area contributed by atoms with Gasteiger partial charge in [0.05, 0.1) is 52.2 Å². The van der Waals surface area contributed by atoms with E-state index >= 15 is 0 Å². The predicted molar refractivity (Wildman–Crippen MR) is 130 cm³/mol. The fraction of sp³-hybridized carbons (Fsp3) is 0.417. The van der Waals surface area contributed by atoms with E-state index in [2.05, 4.69) is 34.2 Å². The number of nitrogens with one attached hydrogen (secondary N) is 2. The summed E-state index contributed by atoms with van der Waals surface area (Å²) in [7, 11) is 0. The Labute approximate surface area is 190 Å². The van der Waals surface area contributed by atoms with E-state index in [0.717, 1.165) is 30.5 Å². The minimum Gasteiger partial charge on any atom is -0.507 e. The number of hydrogen-bond donors (Lipinski definition) is 5. The fourth-order valence-corrected chi connectivity index (χ4v) is 4.46. The molecule has 0 saturated heterocycles. The van der Waals surface area contributed by atoms with Crippen LogP contribution in [0.3, 0.4) is 0 Å². The average Bonchev–Trinajstić information content (AvgIpc) is 3.18. The van der Waals surface area contributed by atoms with Crippen molar-refractivity contribution in [2.24, 2.45) is 4.99 Å². The fourth-order valence-electron chi connectivity index (χ4n) is 4.46. The van der Waals surface area contributed by atoms with Crippen molar-refractivity contribution in [1.29, 1.82) is 0 Å². The van der Waals surface area contributed by atoms with Gasteiger partial charge < -0.3 is 25.5 Å². The van der Waals surface area contributed by atoms with Gasteiger partial charge in [-0.3, -0.25) is 19.6 Å². The number of aliphatic hydroxyl groups excluding tert-OH is 1. The summed E-state index contributed by atoms with van der Waals surface area (Å²) in [4.78, 5) is 19.8. The zero-order chi connectivity index (χ0) is 23.5. The highest BCUT2D eigenvalue weighted by Crippen LogP contribution is 2.41. The monoisotopic (exact) mass is 453 g/mol. The van der Waals surface area contributed by atoms with Gasteiger partial charge in [-0.15, -0.1) is 0 Å². The third-order valence-electron chi connectivity index (χ3n) is 6.21. The van der Waals surface area contributed by atoms with Crippen LogP contribution >= 0.6 is 0 Å². The first-order valence-electron chi connectivity index (χ1n) is 11.4. The molecule has 0 aliphatic rings. The first-order chi connectivity index (χ1) is 16.0. The van der Waals surface area contributed by atoms with Crippen LogP contribution in [0, 0.1) is 0 Å². The molecule has 0 spiro atoms. The number of benzene rings is 3. The number of aromatic hydroxyl groups is 2. The molecule has 4 rings (SSSR count). The first-order valence-corrected chi connectivity index (χ1v) is 11.4. The topological polar surface area (TPSA) is 126 Å². The van der Waals surface area contributed by atoms with Gasteiger partial charge in [0.1, 0.15) is 11.5 Å². The number of aromatic amines is 1. The number of rotatable bonds is 10. The second-order valence-electron chi connectivity index (χ2n) is 8.06. The minimum atomic E-state index is -0.269. The molecule has 5 N–H and O–H groups in total. The molecule has 1 aromatic heterocycles. The molecule has 9 heteroatoms. The van der Waals surface area contributed by atoms with Gasteiger partial charge in [-0.1, -0.05) is 13.8 Å². The molecule has 0 aliphatic heterocycles. The number of phenols is 2. The Morgan fingerprint density at radius 2 is 1.82 bits per heavy atom. The Morgan fingerprint density at radius 1 is 1.03 bits per heavy atom. The van der Waals surface area contributed by atoms with Gasteiger partial charge in [-0.05, 0) is 37.4 Å². The van der Waals surface area contributed by atoms with E-state index in [0.29, 0.717) is 42.4 Å². The number of aromatic nitrogens is 2. The van der Waals surface area contributed by atoms with Crippen molar-refractivity contribution < 1.29 is 15.3 Å². The maximum atomic E-state index is 12.8. The second kappa shape index (κ2) is 9.78. The molecule has 3 aromatic carbocycles. The van der Waals surface area contributed by atoms with Crippen LogP contribution in [0.1, 0.15) is 13.8 Å². The van der Waals surface area contributed by atoms with E-state index in [1.54, 1.807) is 0 Å². The lowest BCUT2D eigenvalue weighted by atomic mass is 9.99. The summed E-state index contributed by atoms with van der Waals surface area (Å²) in [5.41, 5.74) is 1.18. The zero-order valence-electron chi connectivity index (χ0n) is 19.1. The summed E-state index contributed by atoms with van der Waals surface area (Å²) >= 11 is 0. The Hall–Kier alpha value is -3.14. The normalized spacial score (nSPS) is 12.8. The van der Waals surface area contributed by atoms with Gasteiger partial charge in [0, 0.05) is 25.0 Å². The molecule has 0 bridgehead atoms. The second-order valence-corrected chi connectivity index (χ2v) is 8.06. The maximum Gasteiger partial charge on any atom is 0.189 e. The third-order valence-corrected chi connectivity index (χ3v) is 6.21. The largest absolute Gasteiger partial charge is 0.507 e. The summed E-state index contributed by atoms with van der Waals surface area (Å²) in [5.74, 6) is -0.292. The molecule has 0 saturated carbocycles. The van der Waals surface area contributed by atoms with Crippen molar-refractivity contribution >= 4 is 32.6 Å². The van der Waals surface area contributed by atoms with E-state index in [-0.39, 0.29) is 34.3 Å². The number of fused-ring (bicyclic) bond motifs is 2. The molecule has 0 radical (unpaired) electrons. The van der Waals surface area contributed by atoms with Gasteiger partial charge in [-0.25, -0.2) is 0 Å². The summed E-state index contributed by atoms with van der Waals surface area (Å²) in [6.07, 6.45) is 0. The molecular weight excluding hydrogens is 422 g/mol. The van der Waals surface area contributed by atoms with E-state index < -0.39 is 0 Å². The molecular formula is C24H31N5O4. The number of H-pyrrole nitrogens is 1. The number of likely N-dealkylation sites (N-methyl/N-ethyl adjacent to an activating group) is 1. The van der Waals surface area contributed by atoms with Crippen LogP contribution in [0.5, 0.6) is 11.5 Å². The Bertz CT molecular complexity index is 1390. The van der Waals surface area contributed by atoms with E-state index in [1.165, 1.54) is 12.1 Å². The van der Waals surface area contributed by atoms with Crippen LogP contribution in [-0.4, -0.2) is 75.9 Å². The smallest absolute Gasteiger partial charge is 0.189 e. The number of nitrogens with zero attached hydrogens (tertiary/aromatic N) is 3. The first kappa shape index (κ1) is 23.0. The SMILES string of the molecule is CCN(CC)CCn1[nH]c2c3c(=O)ccc(O)c3c(O)c3c(=NCCNCCO)ccc1c32. The molecule has 176 valence electrons. The Balaban J connectivity index is 1.97. The van der Waals surface area contributed by atoms with Crippen molar-refractivity contribution in [2.75, 3.05) is 45.9 Å². The van der Waals surface area contributed by atoms with E-state index in [4.69, 9.17) is 5.11 Å². The van der Waals surface area contributed by atoms with Crippen molar-refractivity contribution in [3.05, 3.63) is 39.8 Å². The van der Waals surface area contributed by atoms with Crippen LogP contribution in [0.25, 0.3) is 32.6 Å². The quantitative estimate of drug-likeness (QED) is 0.182. The molecule has 1 heterocycles. The van der Waals surface area contributed by atoms with Crippen LogP contribution in [-0.2, 0) is 6.54 Å². The third kappa shape index (κ3) is 4.15. The highest BCUT2D eigenvalue weighted by molar-refractivity contribution is 6.23. The molecule has 0 atom stereocenters. The summed E-state index contributed by atoms with van der Waals surface area (Å²) in [6, 6.07) is 6.44. The number of aliphatic hydroxyl groups is 1. The summed E-state index contributed by atoms with van der Waals surface area (Å²) < 4.78 is 1.99. The van der Waals surface area contributed by atoms with Gasteiger partial charge in [0.25, 0.3) is 0 Å². The molecule has 0 amide bonds. The highest BCUT2D eigenvalue weighted by atomic mass is 16.3. The van der Waals surface area contributed by atoms with Gasteiger partial charge in [0.15, 0.2) is 5.43 Å². The lowest BCUT2D eigenvalue weighted by molar-refractivity contribution is 0.287. The molecule has 33 heavy (non-hydrogen) atoms. The summed E-state index contributed by atoms with van der Waals surface area (Å²) in [5, 5.41) is 39.4. The molecule has 9 nitrogen and oxygen atoms in total. The van der Waals surface area contributed by atoms with Crippen molar-refractivity contribution in [3.8, 4) is 11.5 Å².